The van der Waals surface area contributed by atoms with Gasteiger partial charge < -0.3 is 9.64 Å². The van der Waals surface area contributed by atoms with Crippen LogP contribution in [0, 0.1) is 0 Å². The molecule has 0 unspecified atom stereocenters. The molecule has 0 N–H and O–H groups in total. The molecule has 3 rings (SSSR count). The second-order valence-electron chi connectivity index (χ2n) is 5.91. The molecule has 0 fully saturated rings. The third-order valence-corrected chi connectivity index (χ3v) is 5.01. The summed E-state index contributed by atoms with van der Waals surface area (Å²) in [5.74, 6) is 0.890. The van der Waals surface area contributed by atoms with E-state index in [1.54, 1.807) is 23.8 Å². The van der Waals surface area contributed by atoms with Crippen LogP contribution in [0.1, 0.15) is 15.9 Å². The summed E-state index contributed by atoms with van der Waals surface area (Å²) in [6.07, 6.45) is 1.99. The van der Waals surface area contributed by atoms with Crippen molar-refractivity contribution in [2.24, 2.45) is 0 Å². The van der Waals surface area contributed by atoms with Gasteiger partial charge in [0, 0.05) is 18.5 Å². The summed E-state index contributed by atoms with van der Waals surface area (Å²) in [6.45, 7) is 0.573. The number of ether oxygens (including phenoxy) is 1. The van der Waals surface area contributed by atoms with Crippen molar-refractivity contribution < 1.29 is 9.53 Å². The molecule has 0 saturated carbocycles. The fraction of sp³-hybridized carbons (Fsp3) is 0.190. The zero-order valence-corrected chi connectivity index (χ0v) is 15.5. The van der Waals surface area contributed by atoms with Crippen molar-refractivity contribution in [3.8, 4) is 5.75 Å². The molecule has 3 nitrogen and oxygen atoms in total. The molecule has 1 amide bonds. The molecule has 0 aliphatic heterocycles. The Morgan fingerprint density at radius 2 is 1.76 bits per heavy atom. The van der Waals surface area contributed by atoms with E-state index in [0.29, 0.717) is 6.54 Å². The minimum atomic E-state index is 0.0415. The van der Waals surface area contributed by atoms with Gasteiger partial charge in [0.05, 0.1) is 12.7 Å². The van der Waals surface area contributed by atoms with Crippen LogP contribution in [0.3, 0.4) is 0 Å². The van der Waals surface area contributed by atoms with Gasteiger partial charge in [-0.2, -0.15) is 0 Å². The summed E-state index contributed by atoms with van der Waals surface area (Å²) in [6, 6.07) is 20.0. The third-order valence-electron chi connectivity index (χ3n) is 4.22. The highest BCUT2D eigenvalue weighted by Crippen LogP contribution is 2.24. The van der Waals surface area contributed by atoms with E-state index in [1.165, 1.54) is 0 Å². The first-order valence-corrected chi connectivity index (χ1v) is 9.30. The van der Waals surface area contributed by atoms with Crippen molar-refractivity contribution >= 4 is 28.4 Å². The van der Waals surface area contributed by atoms with Crippen LogP contribution in [0.25, 0.3) is 10.8 Å². The number of hydrogen-bond acceptors (Lipinski definition) is 3. The summed E-state index contributed by atoms with van der Waals surface area (Å²) < 4.78 is 5.26. The third kappa shape index (κ3) is 3.80. The summed E-state index contributed by atoms with van der Waals surface area (Å²) in [4.78, 5) is 15.5. The van der Waals surface area contributed by atoms with Gasteiger partial charge in [-0.25, -0.2) is 0 Å². The van der Waals surface area contributed by atoms with Crippen LogP contribution in [0.2, 0.25) is 0 Å². The van der Waals surface area contributed by atoms with Crippen LogP contribution in [-0.4, -0.2) is 31.2 Å². The highest BCUT2D eigenvalue weighted by Gasteiger charge is 2.15. The average Bonchev–Trinajstić information content (AvgIpc) is 2.66. The molecule has 0 atom stereocenters. The van der Waals surface area contributed by atoms with Crippen LogP contribution in [0.5, 0.6) is 5.75 Å². The maximum atomic E-state index is 12.8. The minimum absolute atomic E-state index is 0.0415. The van der Waals surface area contributed by atoms with E-state index in [2.05, 4.69) is 18.2 Å². The minimum Gasteiger partial charge on any atom is -0.497 e. The first-order valence-electron chi connectivity index (χ1n) is 8.07. The van der Waals surface area contributed by atoms with E-state index in [4.69, 9.17) is 4.74 Å². The number of carbonyl (C=O) groups excluding carboxylic acids is 1. The lowest BCUT2D eigenvalue weighted by Crippen LogP contribution is -2.26. The molecule has 0 aliphatic carbocycles. The number of amides is 1. The van der Waals surface area contributed by atoms with Crippen molar-refractivity contribution in [2.45, 2.75) is 11.4 Å². The van der Waals surface area contributed by atoms with Crippen LogP contribution >= 0.6 is 11.8 Å². The highest BCUT2D eigenvalue weighted by atomic mass is 32.2. The fourth-order valence-electron chi connectivity index (χ4n) is 2.87. The molecule has 0 bridgehead atoms. The zero-order valence-electron chi connectivity index (χ0n) is 14.7. The number of thioether (sulfide) groups is 1. The molecule has 0 aromatic heterocycles. The summed E-state index contributed by atoms with van der Waals surface area (Å²) in [7, 11) is 3.51. The Kier molecular flexibility index (Phi) is 5.29. The molecule has 25 heavy (non-hydrogen) atoms. The van der Waals surface area contributed by atoms with Crippen molar-refractivity contribution in [2.75, 3.05) is 20.4 Å². The molecular weight excluding hydrogens is 330 g/mol. The van der Waals surface area contributed by atoms with Gasteiger partial charge in [-0.05, 0) is 52.9 Å². The van der Waals surface area contributed by atoms with E-state index in [0.717, 1.165) is 32.5 Å². The Hall–Kier alpha value is -2.46. The standard InChI is InChI=1S/C21H21NO2S/c1-22(21(23)19-6-4-5-7-20(19)25-3)14-15-8-9-17-13-18(24-2)11-10-16(17)12-15/h4-13H,14H2,1-3H3. The summed E-state index contributed by atoms with van der Waals surface area (Å²) >= 11 is 1.59. The molecule has 3 aromatic carbocycles. The Labute approximate surface area is 152 Å². The predicted molar refractivity (Wildman–Crippen MR) is 105 cm³/mol. The second kappa shape index (κ2) is 7.62. The van der Waals surface area contributed by atoms with Crippen molar-refractivity contribution in [1.82, 2.24) is 4.90 Å². The summed E-state index contributed by atoms with van der Waals surface area (Å²) in [5, 5.41) is 2.27. The normalized spacial score (nSPS) is 10.7. The van der Waals surface area contributed by atoms with Crippen LogP contribution in [0.15, 0.2) is 65.6 Å². The number of methoxy groups -OCH3 is 1. The van der Waals surface area contributed by atoms with Gasteiger partial charge in [-0.1, -0.05) is 30.3 Å². The fourth-order valence-corrected chi connectivity index (χ4v) is 3.46. The van der Waals surface area contributed by atoms with E-state index in [9.17, 15) is 4.79 Å². The van der Waals surface area contributed by atoms with Crippen molar-refractivity contribution in [3.63, 3.8) is 0 Å². The number of hydrogen-bond donors (Lipinski definition) is 0. The molecule has 4 heteroatoms. The molecule has 128 valence electrons. The number of carbonyl (C=O) groups is 1. The number of nitrogens with zero attached hydrogens (tertiary/aromatic N) is 1. The number of fused-ring (bicyclic) bond motifs is 1. The van der Waals surface area contributed by atoms with Gasteiger partial charge in [0.1, 0.15) is 5.75 Å². The predicted octanol–water partition coefficient (Wildman–Crippen LogP) is 4.84. The van der Waals surface area contributed by atoms with E-state index < -0.39 is 0 Å². The van der Waals surface area contributed by atoms with E-state index in [1.807, 2.05) is 55.8 Å². The summed E-state index contributed by atoms with van der Waals surface area (Å²) in [5.41, 5.74) is 1.86. The maximum Gasteiger partial charge on any atom is 0.255 e. The quantitative estimate of drug-likeness (QED) is 0.616. The maximum absolute atomic E-state index is 12.8. The topological polar surface area (TPSA) is 29.5 Å². The Morgan fingerprint density at radius 3 is 2.52 bits per heavy atom. The number of rotatable bonds is 5. The van der Waals surface area contributed by atoms with Crippen LogP contribution < -0.4 is 4.74 Å². The van der Waals surface area contributed by atoms with Gasteiger partial charge in [0.2, 0.25) is 0 Å². The van der Waals surface area contributed by atoms with Gasteiger partial charge in [-0.15, -0.1) is 11.8 Å². The lowest BCUT2D eigenvalue weighted by Gasteiger charge is -2.19. The Balaban J connectivity index is 1.81. The Bertz CT molecular complexity index is 907. The van der Waals surface area contributed by atoms with Gasteiger partial charge in [0.25, 0.3) is 5.91 Å². The SMILES string of the molecule is COc1ccc2cc(CN(C)C(=O)c3ccccc3SC)ccc2c1. The van der Waals surface area contributed by atoms with Gasteiger partial charge in [-0.3, -0.25) is 4.79 Å². The lowest BCUT2D eigenvalue weighted by atomic mass is 10.1. The smallest absolute Gasteiger partial charge is 0.255 e. The van der Waals surface area contributed by atoms with Crippen LogP contribution in [0.4, 0.5) is 0 Å². The average molecular weight is 351 g/mol. The van der Waals surface area contributed by atoms with Crippen LogP contribution in [-0.2, 0) is 6.54 Å². The lowest BCUT2D eigenvalue weighted by molar-refractivity contribution is 0.0781. The molecule has 0 saturated heterocycles. The largest absolute Gasteiger partial charge is 0.497 e. The zero-order chi connectivity index (χ0) is 17.8. The second-order valence-corrected chi connectivity index (χ2v) is 6.76. The van der Waals surface area contributed by atoms with Crippen molar-refractivity contribution in [3.05, 3.63) is 71.8 Å². The van der Waals surface area contributed by atoms with E-state index >= 15 is 0 Å². The molecule has 0 aliphatic rings. The molecule has 0 radical (unpaired) electrons. The Morgan fingerprint density at radius 1 is 1.04 bits per heavy atom. The highest BCUT2D eigenvalue weighted by molar-refractivity contribution is 7.98. The first-order chi connectivity index (χ1) is 12.1. The molecule has 0 spiro atoms. The molecular formula is C21H21NO2S. The molecule has 3 aromatic rings. The monoisotopic (exact) mass is 351 g/mol. The van der Waals surface area contributed by atoms with Crippen molar-refractivity contribution in [1.29, 1.82) is 0 Å². The van der Waals surface area contributed by atoms with E-state index in [-0.39, 0.29) is 5.91 Å². The van der Waals surface area contributed by atoms with Gasteiger partial charge in [0.15, 0.2) is 0 Å². The first kappa shape index (κ1) is 17.4. The molecule has 0 heterocycles. The number of benzene rings is 3. The van der Waals surface area contributed by atoms with Gasteiger partial charge >= 0.3 is 0 Å².